The van der Waals surface area contributed by atoms with Crippen molar-refractivity contribution in [3.8, 4) is 0 Å². The molecule has 0 fully saturated rings. The van der Waals surface area contributed by atoms with Crippen molar-refractivity contribution in [2.24, 2.45) is 0 Å². The maximum absolute atomic E-state index is 13.3. The van der Waals surface area contributed by atoms with Gasteiger partial charge in [-0.25, -0.2) is 0 Å². The van der Waals surface area contributed by atoms with Crippen molar-refractivity contribution in [2.45, 2.75) is 11.8 Å². The second kappa shape index (κ2) is 9.68. The lowest BCUT2D eigenvalue weighted by Gasteiger charge is -2.26. The molecule has 0 bridgehead atoms. The van der Waals surface area contributed by atoms with Gasteiger partial charge >= 0.3 is 0 Å². The molecule has 4 aromatic carbocycles. The van der Waals surface area contributed by atoms with Gasteiger partial charge in [0, 0.05) is 17.4 Å². The molecule has 0 atom stereocenters. The molecule has 0 amide bonds. The average Bonchev–Trinajstić information content (AvgIpc) is 2.90. The molecular formula is C32H24O2. The quantitative estimate of drug-likeness (QED) is 0.248. The van der Waals surface area contributed by atoms with Crippen LogP contribution in [0.3, 0.4) is 0 Å². The molecule has 4 aromatic rings. The lowest BCUT2D eigenvalue weighted by Crippen LogP contribution is -2.24. The number of benzene rings is 4. The predicted molar refractivity (Wildman–Crippen MR) is 136 cm³/mol. The third-order valence-electron chi connectivity index (χ3n) is 6.28. The van der Waals surface area contributed by atoms with Crippen LogP contribution in [0.25, 0.3) is 0 Å². The minimum Gasteiger partial charge on any atom is -0.286 e. The zero-order chi connectivity index (χ0) is 23.3. The van der Waals surface area contributed by atoms with Gasteiger partial charge in [0.15, 0.2) is 0 Å². The fourth-order valence-corrected chi connectivity index (χ4v) is 4.74. The molecule has 0 N–H and O–H groups in total. The Morgan fingerprint density at radius 3 is 1.15 bits per heavy atom. The highest BCUT2D eigenvalue weighted by Gasteiger charge is 2.33. The average molecular weight is 441 g/mol. The van der Waals surface area contributed by atoms with Crippen molar-refractivity contribution >= 4 is 11.6 Å². The number of hydrogen-bond donors (Lipinski definition) is 0. The van der Waals surface area contributed by atoms with Crippen LogP contribution in [-0.4, -0.2) is 11.6 Å². The summed E-state index contributed by atoms with van der Waals surface area (Å²) in [7, 11) is 0. The van der Waals surface area contributed by atoms with Gasteiger partial charge in [0.2, 0.25) is 11.6 Å². The highest BCUT2D eigenvalue weighted by atomic mass is 16.2. The Balaban J connectivity index is 1.69. The van der Waals surface area contributed by atoms with Crippen LogP contribution in [-0.2, 0) is 9.59 Å². The minimum absolute atomic E-state index is 0.151. The summed E-state index contributed by atoms with van der Waals surface area (Å²) < 4.78 is 0. The van der Waals surface area contributed by atoms with E-state index in [0.717, 1.165) is 27.8 Å². The van der Waals surface area contributed by atoms with Crippen molar-refractivity contribution in [3.05, 3.63) is 167 Å². The van der Waals surface area contributed by atoms with Crippen molar-refractivity contribution in [1.29, 1.82) is 0 Å². The van der Waals surface area contributed by atoms with Gasteiger partial charge in [-0.15, -0.1) is 0 Å². The molecule has 2 nitrogen and oxygen atoms in total. The fourth-order valence-electron chi connectivity index (χ4n) is 4.74. The molecule has 34 heavy (non-hydrogen) atoms. The zero-order valence-electron chi connectivity index (χ0n) is 18.7. The van der Waals surface area contributed by atoms with Crippen LogP contribution in [0.2, 0.25) is 0 Å². The highest BCUT2D eigenvalue weighted by Crippen LogP contribution is 2.39. The lowest BCUT2D eigenvalue weighted by atomic mass is 9.75. The maximum Gasteiger partial charge on any atom is 0.229 e. The Bertz CT molecular complexity index is 1270. The smallest absolute Gasteiger partial charge is 0.229 e. The number of hydrogen-bond acceptors (Lipinski definition) is 2. The van der Waals surface area contributed by atoms with Crippen LogP contribution in [0.5, 0.6) is 0 Å². The van der Waals surface area contributed by atoms with E-state index in [4.69, 9.17) is 0 Å². The second-order valence-electron chi connectivity index (χ2n) is 8.45. The molecule has 0 unspecified atom stereocenters. The molecule has 0 saturated heterocycles. The first-order valence-electron chi connectivity index (χ1n) is 11.4. The van der Waals surface area contributed by atoms with Gasteiger partial charge in [0.05, 0.1) is 0 Å². The van der Waals surface area contributed by atoms with Crippen molar-refractivity contribution in [1.82, 2.24) is 0 Å². The summed E-state index contributed by atoms with van der Waals surface area (Å²) in [5.74, 6) is -1.39. The molecule has 0 heterocycles. The molecule has 0 aliphatic heterocycles. The van der Waals surface area contributed by atoms with Gasteiger partial charge in [-0.05, 0) is 40.0 Å². The van der Waals surface area contributed by atoms with E-state index in [1.54, 1.807) is 0 Å². The van der Waals surface area contributed by atoms with Crippen molar-refractivity contribution in [3.63, 3.8) is 0 Å². The summed E-state index contributed by atoms with van der Waals surface area (Å²) in [5.41, 5.74) is 5.46. The molecule has 1 aliphatic rings. The third-order valence-corrected chi connectivity index (χ3v) is 6.28. The van der Waals surface area contributed by atoms with Crippen LogP contribution in [0.15, 0.2) is 145 Å². The van der Waals surface area contributed by atoms with Crippen LogP contribution in [0, 0.1) is 0 Å². The summed E-state index contributed by atoms with van der Waals surface area (Å²) in [5, 5.41) is 0. The second-order valence-corrected chi connectivity index (χ2v) is 8.45. The molecule has 0 spiro atoms. The summed E-state index contributed by atoms with van der Waals surface area (Å²) in [6.07, 6.45) is 3.46. The van der Waals surface area contributed by atoms with Crippen molar-refractivity contribution in [2.75, 3.05) is 0 Å². The Labute approximate surface area is 199 Å². The van der Waals surface area contributed by atoms with E-state index in [0.29, 0.717) is 5.57 Å². The van der Waals surface area contributed by atoms with Gasteiger partial charge in [0.25, 0.3) is 0 Å². The number of carbonyl (C=O) groups excluding carboxylic acids is 2. The van der Waals surface area contributed by atoms with E-state index in [9.17, 15) is 9.59 Å². The normalized spacial score (nSPS) is 13.7. The third kappa shape index (κ3) is 4.31. The van der Waals surface area contributed by atoms with Crippen molar-refractivity contribution < 1.29 is 9.59 Å². The number of allylic oxidation sites excluding steroid dienone is 4. The summed E-state index contributed by atoms with van der Waals surface area (Å²) in [6.45, 7) is 0. The van der Waals surface area contributed by atoms with Gasteiger partial charge in [-0.2, -0.15) is 0 Å². The van der Waals surface area contributed by atoms with E-state index in [-0.39, 0.29) is 11.8 Å². The van der Waals surface area contributed by atoms with E-state index in [1.165, 1.54) is 6.08 Å². The standard InChI is InChI=1S/C32H24O2/c33-29-22-27(30(23-13-5-1-6-14-23)24-15-7-2-8-16-24)21-28(32(29)34)31(25-17-9-3-10-18-25)26-19-11-4-12-20-26/h1-22,30-31H. The van der Waals surface area contributed by atoms with Crippen LogP contribution >= 0.6 is 0 Å². The lowest BCUT2D eigenvalue weighted by molar-refractivity contribution is -0.131. The van der Waals surface area contributed by atoms with Gasteiger partial charge in [0.1, 0.15) is 0 Å². The maximum atomic E-state index is 13.3. The highest BCUT2D eigenvalue weighted by molar-refractivity contribution is 6.48. The summed E-state index contributed by atoms with van der Waals surface area (Å²) >= 11 is 0. The molecule has 164 valence electrons. The summed E-state index contributed by atoms with van der Waals surface area (Å²) in [6, 6.07) is 40.1. The minimum atomic E-state index is -0.471. The molecule has 0 saturated carbocycles. The number of rotatable bonds is 6. The molecular weight excluding hydrogens is 416 g/mol. The van der Waals surface area contributed by atoms with E-state index >= 15 is 0 Å². The van der Waals surface area contributed by atoms with Gasteiger partial charge in [-0.3, -0.25) is 9.59 Å². The number of carbonyl (C=O) groups is 2. The van der Waals surface area contributed by atoms with Gasteiger partial charge in [-0.1, -0.05) is 121 Å². The van der Waals surface area contributed by atoms with E-state index in [1.807, 2.05) is 103 Å². The fraction of sp³-hybridized carbons (Fsp3) is 0.0625. The topological polar surface area (TPSA) is 34.1 Å². The van der Waals surface area contributed by atoms with Crippen LogP contribution < -0.4 is 0 Å². The van der Waals surface area contributed by atoms with E-state index < -0.39 is 11.6 Å². The SMILES string of the molecule is O=C1C=C(C(c2ccccc2)c2ccccc2)C=C(C(c2ccccc2)c2ccccc2)C1=O. The molecule has 0 radical (unpaired) electrons. The first kappa shape index (κ1) is 21.5. The summed E-state index contributed by atoms with van der Waals surface area (Å²) in [4.78, 5) is 26.4. The monoisotopic (exact) mass is 440 g/mol. The largest absolute Gasteiger partial charge is 0.286 e. The molecule has 2 heteroatoms. The Morgan fingerprint density at radius 1 is 0.412 bits per heavy atom. The Morgan fingerprint density at radius 2 is 0.765 bits per heavy atom. The molecule has 1 aliphatic carbocycles. The predicted octanol–water partition coefficient (Wildman–Crippen LogP) is 6.66. The number of Topliss-reactive ketones (excluding diaryl/α,β-unsaturated/α-hetero) is 1. The first-order chi connectivity index (χ1) is 16.7. The van der Waals surface area contributed by atoms with Gasteiger partial charge < -0.3 is 0 Å². The van der Waals surface area contributed by atoms with E-state index in [2.05, 4.69) is 24.3 Å². The van der Waals surface area contributed by atoms with Crippen LogP contribution in [0.1, 0.15) is 34.1 Å². The zero-order valence-corrected chi connectivity index (χ0v) is 18.7. The van der Waals surface area contributed by atoms with Crippen LogP contribution in [0.4, 0.5) is 0 Å². The Hall–Kier alpha value is -4.30. The Kier molecular flexibility index (Phi) is 6.13. The molecule has 0 aromatic heterocycles. The molecule has 5 rings (SSSR count). The first-order valence-corrected chi connectivity index (χ1v) is 11.4. The number of ketones is 2.